The summed E-state index contributed by atoms with van der Waals surface area (Å²) in [5.41, 5.74) is 4.46. The van der Waals surface area contributed by atoms with E-state index in [4.69, 9.17) is 19.6 Å². The number of hydrogen-bond donors (Lipinski definition) is 1. The molecule has 1 N–H and O–H groups in total. The smallest absolute Gasteiger partial charge is 0.290 e. The number of aryl methyl sites for hydroxylation is 1. The molecule has 0 saturated carbocycles. The van der Waals surface area contributed by atoms with Gasteiger partial charge in [0.05, 0.1) is 5.69 Å². The van der Waals surface area contributed by atoms with Crippen LogP contribution < -0.4 is 0 Å². The van der Waals surface area contributed by atoms with Crippen molar-refractivity contribution >= 4 is 18.0 Å². The molecular formula is C27H33N3O4. The zero-order valence-electron chi connectivity index (χ0n) is 19.7. The molecule has 0 spiro atoms. The van der Waals surface area contributed by atoms with Crippen LogP contribution in [0.1, 0.15) is 48.9 Å². The highest BCUT2D eigenvalue weighted by molar-refractivity contribution is 5.76. The minimum absolute atomic E-state index is 0.158. The second-order valence-electron chi connectivity index (χ2n) is 9.24. The van der Waals surface area contributed by atoms with E-state index in [-0.39, 0.29) is 11.9 Å². The number of rotatable bonds is 4. The standard InChI is InChI=1S/C26H31N3O2.CH2O2/c1-20-6-5-13-29-19-23(27-25(20)29)26(22-7-3-2-4-8-22)11-14-28(15-12-26)24(30)18-21-9-16-31-17-10-21;2-1-3/h2-8,13,19,21H,9-12,14-18H2,1H3;1H,(H,2,3). The molecule has 7 nitrogen and oxygen atoms in total. The molecule has 2 fully saturated rings. The fourth-order valence-electron chi connectivity index (χ4n) is 5.30. The molecule has 2 saturated heterocycles. The minimum Gasteiger partial charge on any atom is -0.483 e. The van der Waals surface area contributed by atoms with Crippen molar-refractivity contribution in [3.63, 3.8) is 0 Å². The summed E-state index contributed by atoms with van der Waals surface area (Å²) in [6, 6.07) is 14.9. The van der Waals surface area contributed by atoms with E-state index in [2.05, 4.69) is 71.1 Å². The molecular weight excluding hydrogens is 430 g/mol. The highest BCUT2D eigenvalue weighted by Crippen LogP contribution is 2.41. The lowest BCUT2D eigenvalue weighted by Crippen LogP contribution is -2.46. The minimum atomic E-state index is -0.250. The Balaban J connectivity index is 0.000000868. The van der Waals surface area contributed by atoms with Gasteiger partial charge in [0.2, 0.25) is 5.91 Å². The number of nitrogens with zero attached hydrogens (tertiary/aromatic N) is 3. The highest BCUT2D eigenvalue weighted by atomic mass is 16.5. The van der Waals surface area contributed by atoms with Crippen molar-refractivity contribution in [1.82, 2.24) is 14.3 Å². The van der Waals surface area contributed by atoms with Gasteiger partial charge in [-0.2, -0.15) is 0 Å². The number of hydrogen-bond acceptors (Lipinski definition) is 4. The van der Waals surface area contributed by atoms with Gasteiger partial charge in [-0.05, 0) is 55.7 Å². The van der Waals surface area contributed by atoms with Crippen molar-refractivity contribution in [2.75, 3.05) is 26.3 Å². The summed E-state index contributed by atoms with van der Waals surface area (Å²) >= 11 is 0. The van der Waals surface area contributed by atoms with Gasteiger partial charge in [0.25, 0.3) is 6.47 Å². The van der Waals surface area contributed by atoms with Crippen molar-refractivity contribution in [3.8, 4) is 0 Å². The summed E-state index contributed by atoms with van der Waals surface area (Å²) in [7, 11) is 0. The number of carboxylic acid groups (broad SMARTS) is 1. The molecule has 0 aliphatic carbocycles. The topological polar surface area (TPSA) is 84.1 Å². The van der Waals surface area contributed by atoms with Gasteiger partial charge in [-0.15, -0.1) is 0 Å². The Morgan fingerprint density at radius 3 is 2.47 bits per heavy atom. The van der Waals surface area contributed by atoms with Gasteiger partial charge in [0, 0.05) is 50.5 Å². The molecule has 4 heterocycles. The summed E-state index contributed by atoms with van der Waals surface area (Å²) < 4.78 is 7.59. The fourth-order valence-corrected chi connectivity index (χ4v) is 5.30. The number of likely N-dealkylation sites (tertiary alicyclic amines) is 1. The van der Waals surface area contributed by atoms with E-state index in [9.17, 15) is 4.79 Å². The van der Waals surface area contributed by atoms with Crippen LogP contribution in [0.5, 0.6) is 0 Å². The number of carbonyl (C=O) groups excluding carboxylic acids is 1. The number of benzene rings is 1. The molecule has 2 aliphatic heterocycles. The third-order valence-corrected chi connectivity index (χ3v) is 7.27. The third-order valence-electron chi connectivity index (χ3n) is 7.27. The van der Waals surface area contributed by atoms with Crippen LogP contribution in [0.2, 0.25) is 0 Å². The number of fused-ring (bicyclic) bond motifs is 1. The molecule has 2 aliphatic rings. The maximum Gasteiger partial charge on any atom is 0.290 e. The molecule has 180 valence electrons. The Morgan fingerprint density at radius 2 is 1.82 bits per heavy atom. The molecule has 0 bridgehead atoms. The van der Waals surface area contributed by atoms with E-state index in [1.165, 1.54) is 11.1 Å². The predicted molar refractivity (Wildman–Crippen MR) is 130 cm³/mol. The van der Waals surface area contributed by atoms with Crippen molar-refractivity contribution < 1.29 is 19.4 Å². The van der Waals surface area contributed by atoms with Gasteiger partial charge >= 0.3 is 0 Å². The van der Waals surface area contributed by atoms with Crippen LogP contribution in [-0.4, -0.2) is 58.1 Å². The lowest BCUT2D eigenvalue weighted by Gasteiger charge is -2.41. The normalized spacial score (nSPS) is 18.2. The average molecular weight is 464 g/mol. The summed E-state index contributed by atoms with van der Waals surface area (Å²) in [5.74, 6) is 0.780. The van der Waals surface area contributed by atoms with Gasteiger partial charge < -0.3 is 19.1 Å². The van der Waals surface area contributed by atoms with Crippen LogP contribution in [0.25, 0.3) is 5.65 Å². The maximum absolute atomic E-state index is 13.0. The molecule has 1 amide bonds. The van der Waals surface area contributed by atoms with Gasteiger partial charge in [0.1, 0.15) is 5.65 Å². The van der Waals surface area contributed by atoms with Crippen molar-refractivity contribution in [2.45, 2.75) is 44.4 Å². The molecule has 0 radical (unpaired) electrons. The molecule has 7 heteroatoms. The van der Waals surface area contributed by atoms with E-state index in [0.29, 0.717) is 18.2 Å². The number of piperidine rings is 1. The number of amides is 1. The summed E-state index contributed by atoms with van der Waals surface area (Å²) in [6.45, 7) is 5.01. The summed E-state index contributed by atoms with van der Waals surface area (Å²) in [5, 5.41) is 6.89. The molecule has 0 unspecified atom stereocenters. The van der Waals surface area contributed by atoms with E-state index in [1.54, 1.807) is 0 Å². The van der Waals surface area contributed by atoms with Crippen LogP contribution in [0.15, 0.2) is 54.9 Å². The van der Waals surface area contributed by atoms with E-state index in [1.807, 2.05) is 0 Å². The molecule has 5 rings (SSSR count). The Kier molecular flexibility index (Phi) is 7.63. The largest absolute Gasteiger partial charge is 0.483 e. The van der Waals surface area contributed by atoms with Crippen LogP contribution in [0.4, 0.5) is 0 Å². The maximum atomic E-state index is 13.0. The first-order chi connectivity index (χ1) is 16.6. The second-order valence-corrected chi connectivity index (χ2v) is 9.24. The molecule has 3 aromatic rings. The summed E-state index contributed by atoms with van der Waals surface area (Å²) in [4.78, 5) is 28.5. The second kappa shape index (κ2) is 10.8. The van der Waals surface area contributed by atoms with Crippen molar-refractivity contribution in [2.24, 2.45) is 5.92 Å². The Bertz CT molecular complexity index is 1100. The van der Waals surface area contributed by atoms with Crippen LogP contribution in [-0.2, 0) is 19.7 Å². The van der Waals surface area contributed by atoms with Gasteiger partial charge in [-0.1, -0.05) is 36.4 Å². The predicted octanol–water partition coefficient (Wildman–Crippen LogP) is 4.07. The zero-order valence-corrected chi connectivity index (χ0v) is 19.7. The van der Waals surface area contributed by atoms with Crippen LogP contribution >= 0.6 is 0 Å². The fraction of sp³-hybridized carbons (Fsp3) is 0.444. The zero-order chi connectivity index (χ0) is 24.0. The Morgan fingerprint density at radius 1 is 1.15 bits per heavy atom. The molecule has 0 atom stereocenters. The SMILES string of the molecule is Cc1cccn2cc(C3(c4ccccc4)CCN(C(=O)CC4CCOCC4)CC3)nc12.O=CO. The third kappa shape index (κ3) is 4.99. The van der Waals surface area contributed by atoms with Crippen LogP contribution in [0.3, 0.4) is 0 Å². The first-order valence-corrected chi connectivity index (χ1v) is 12.0. The molecule has 34 heavy (non-hydrogen) atoms. The number of imidazole rings is 1. The first kappa shape index (κ1) is 24.0. The highest BCUT2D eigenvalue weighted by Gasteiger charge is 2.41. The van der Waals surface area contributed by atoms with E-state index >= 15 is 0 Å². The first-order valence-electron chi connectivity index (χ1n) is 12.0. The van der Waals surface area contributed by atoms with Crippen molar-refractivity contribution in [3.05, 3.63) is 71.7 Å². The van der Waals surface area contributed by atoms with Crippen molar-refractivity contribution in [1.29, 1.82) is 0 Å². The number of carbonyl (C=O) groups is 2. The van der Waals surface area contributed by atoms with Gasteiger partial charge in [-0.25, -0.2) is 4.98 Å². The molecule has 2 aromatic heterocycles. The van der Waals surface area contributed by atoms with Crippen LogP contribution in [0, 0.1) is 12.8 Å². The lowest BCUT2D eigenvalue weighted by atomic mass is 9.70. The van der Waals surface area contributed by atoms with Gasteiger partial charge in [0.15, 0.2) is 0 Å². The number of pyridine rings is 1. The monoisotopic (exact) mass is 463 g/mol. The Labute approximate surface area is 200 Å². The van der Waals surface area contributed by atoms with E-state index in [0.717, 1.165) is 63.3 Å². The van der Waals surface area contributed by atoms with Gasteiger partial charge in [-0.3, -0.25) is 9.59 Å². The van der Waals surface area contributed by atoms with E-state index < -0.39 is 0 Å². The quantitative estimate of drug-likeness (QED) is 0.590. The summed E-state index contributed by atoms with van der Waals surface area (Å²) in [6.07, 6.45) is 8.75. The number of aromatic nitrogens is 2. The lowest BCUT2D eigenvalue weighted by molar-refractivity contribution is -0.134. The molecule has 1 aromatic carbocycles. The Hall–Kier alpha value is -3.19. The average Bonchev–Trinajstić information content (AvgIpc) is 3.32. The number of ether oxygens (including phenoxy) is 1.